The van der Waals surface area contributed by atoms with Crippen molar-refractivity contribution in [1.82, 2.24) is 4.90 Å². The number of benzene rings is 3. The van der Waals surface area contributed by atoms with Gasteiger partial charge in [0.05, 0.1) is 11.5 Å². The second-order valence-corrected chi connectivity index (χ2v) is 9.92. The summed E-state index contributed by atoms with van der Waals surface area (Å²) >= 11 is 0.761. The minimum atomic E-state index is -0.555. The number of aryl methyl sites for hydroxylation is 2. The summed E-state index contributed by atoms with van der Waals surface area (Å²) in [5.41, 5.74) is 3.72. The number of anilines is 2. The van der Waals surface area contributed by atoms with E-state index in [0.29, 0.717) is 35.0 Å². The summed E-state index contributed by atoms with van der Waals surface area (Å²) in [6.45, 7) is 5.30. The molecule has 0 spiro atoms. The Bertz CT molecular complexity index is 1490. The number of amides is 4. The number of rotatable bonds is 10. The summed E-state index contributed by atoms with van der Waals surface area (Å²) in [7, 11) is 0. The lowest BCUT2D eigenvalue weighted by molar-refractivity contribution is -0.127. The third-order valence-corrected chi connectivity index (χ3v) is 6.85. The van der Waals surface area contributed by atoms with Gasteiger partial charge in [0.2, 0.25) is 5.91 Å². The Balaban J connectivity index is 1.41. The molecule has 1 fully saturated rings. The van der Waals surface area contributed by atoms with Crippen LogP contribution >= 0.6 is 11.8 Å². The first kappa shape index (κ1) is 28.4. The molecule has 1 heterocycles. The predicted octanol–water partition coefficient (Wildman–Crippen LogP) is 5.39. The number of nitrogens with one attached hydrogen (secondary N) is 2. The summed E-state index contributed by atoms with van der Waals surface area (Å²) in [5, 5.41) is 5.02. The highest BCUT2D eigenvalue weighted by Crippen LogP contribution is 2.34. The van der Waals surface area contributed by atoms with E-state index < -0.39 is 23.6 Å². The lowest BCUT2D eigenvalue weighted by atomic mass is 10.2. The smallest absolute Gasteiger partial charge is 0.294 e. The van der Waals surface area contributed by atoms with E-state index in [4.69, 9.17) is 9.47 Å². The molecule has 0 bridgehead atoms. The SMILES string of the molecule is CCOc1cc(/C=C2\SC(=O)N(CC(=O)Nc3ccccc3C)C2=O)ccc1OCC(=O)Nc1ccccc1C. The fourth-order valence-corrected chi connectivity index (χ4v) is 4.72. The van der Waals surface area contributed by atoms with Crippen LogP contribution in [0.1, 0.15) is 23.6 Å². The van der Waals surface area contributed by atoms with Crippen LogP contribution in [0.15, 0.2) is 71.6 Å². The van der Waals surface area contributed by atoms with Crippen molar-refractivity contribution in [2.24, 2.45) is 0 Å². The summed E-state index contributed by atoms with van der Waals surface area (Å²) < 4.78 is 11.4. The van der Waals surface area contributed by atoms with Crippen molar-refractivity contribution < 1.29 is 28.7 Å². The number of hydrogen-bond donors (Lipinski definition) is 2. The Morgan fingerprint density at radius 2 is 1.48 bits per heavy atom. The first-order valence-corrected chi connectivity index (χ1v) is 13.4. The molecule has 4 rings (SSSR count). The molecule has 10 heteroatoms. The lowest BCUT2D eigenvalue weighted by Gasteiger charge is -2.14. The van der Waals surface area contributed by atoms with Crippen molar-refractivity contribution in [1.29, 1.82) is 0 Å². The Hall–Kier alpha value is -4.57. The van der Waals surface area contributed by atoms with Gasteiger partial charge in [-0.3, -0.25) is 24.1 Å². The highest BCUT2D eigenvalue weighted by Gasteiger charge is 2.36. The maximum absolute atomic E-state index is 12.9. The average Bonchev–Trinajstić information content (AvgIpc) is 3.18. The summed E-state index contributed by atoms with van der Waals surface area (Å²) in [5.74, 6) is -0.594. The van der Waals surface area contributed by atoms with Crippen LogP contribution < -0.4 is 20.1 Å². The molecule has 1 aliphatic heterocycles. The third-order valence-electron chi connectivity index (χ3n) is 5.94. The van der Waals surface area contributed by atoms with Crippen molar-refractivity contribution >= 4 is 52.2 Å². The van der Waals surface area contributed by atoms with Gasteiger partial charge >= 0.3 is 0 Å². The van der Waals surface area contributed by atoms with Gasteiger partial charge in [0.15, 0.2) is 18.1 Å². The van der Waals surface area contributed by atoms with Gasteiger partial charge in [0.25, 0.3) is 17.1 Å². The molecular formula is C30H29N3O6S. The highest BCUT2D eigenvalue weighted by molar-refractivity contribution is 8.18. The van der Waals surface area contributed by atoms with Crippen LogP contribution in [0.3, 0.4) is 0 Å². The molecule has 40 heavy (non-hydrogen) atoms. The van der Waals surface area contributed by atoms with E-state index >= 15 is 0 Å². The van der Waals surface area contributed by atoms with E-state index in [-0.39, 0.29) is 17.4 Å². The van der Waals surface area contributed by atoms with Crippen LogP contribution in [0.5, 0.6) is 11.5 Å². The minimum Gasteiger partial charge on any atom is -0.490 e. The van der Waals surface area contributed by atoms with Gasteiger partial charge in [-0.15, -0.1) is 0 Å². The van der Waals surface area contributed by atoms with E-state index in [1.165, 1.54) is 0 Å². The summed E-state index contributed by atoms with van der Waals surface area (Å²) in [6.07, 6.45) is 1.56. The molecule has 3 aromatic carbocycles. The fraction of sp³-hybridized carbons (Fsp3) is 0.200. The molecule has 0 unspecified atom stereocenters. The van der Waals surface area contributed by atoms with Crippen LogP contribution in [-0.4, -0.2) is 47.6 Å². The molecule has 0 atom stereocenters. The van der Waals surface area contributed by atoms with Crippen LogP contribution in [0.4, 0.5) is 16.2 Å². The van der Waals surface area contributed by atoms with Gasteiger partial charge in [-0.05, 0) is 79.6 Å². The lowest BCUT2D eigenvalue weighted by Crippen LogP contribution is -2.36. The molecule has 0 saturated carbocycles. The Morgan fingerprint density at radius 3 is 2.10 bits per heavy atom. The van der Waals surface area contributed by atoms with Crippen molar-refractivity contribution in [3.63, 3.8) is 0 Å². The largest absolute Gasteiger partial charge is 0.490 e. The second-order valence-electron chi connectivity index (χ2n) is 8.92. The monoisotopic (exact) mass is 559 g/mol. The minimum absolute atomic E-state index is 0.183. The molecule has 9 nitrogen and oxygen atoms in total. The van der Waals surface area contributed by atoms with E-state index in [9.17, 15) is 19.2 Å². The van der Waals surface area contributed by atoms with E-state index in [2.05, 4.69) is 10.6 Å². The summed E-state index contributed by atoms with van der Waals surface area (Å²) in [6, 6.07) is 19.7. The first-order valence-electron chi connectivity index (χ1n) is 12.6. The Labute approximate surface area is 236 Å². The van der Waals surface area contributed by atoms with Crippen LogP contribution in [0.25, 0.3) is 6.08 Å². The molecule has 0 radical (unpaired) electrons. The number of carbonyl (C=O) groups excluding carboxylic acids is 4. The van der Waals surface area contributed by atoms with Gasteiger partial charge in [-0.25, -0.2) is 0 Å². The quantitative estimate of drug-likeness (QED) is 0.320. The normalized spacial score (nSPS) is 13.9. The van der Waals surface area contributed by atoms with Gasteiger partial charge in [0.1, 0.15) is 6.54 Å². The predicted molar refractivity (Wildman–Crippen MR) is 155 cm³/mol. The molecule has 0 aliphatic carbocycles. The van der Waals surface area contributed by atoms with Gasteiger partial charge in [-0.2, -0.15) is 0 Å². The number of para-hydroxylation sites is 2. The molecular weight excluding hydrogens is 530 g/mol. The van der Waals surface area contributed by atoms with E-state index in [1.54, 1.807) is 36.4 Å². The van der Waals surface area contributed by atoms with E-state index in [1.807, 2.05) is 57.2 Å². The number of imide groups is 1. The molecule has 0 aromatic heterocycles. The second kappa shape index (κ2) is 13.0. The van der Waals surface area contributed by atoms with E-state index in [0.717, 1.165) is 27.8 Å². The Morgan fingerprint density at radius 1 is 0.850 bits per heavy atom. The van der Waals surface area contributed by atoms with Crippen molar-refractivity contribution in [2.75, 3.05) is 30.4 Å². The molecule has 1 saturated heterocycles. The van der Waals surface area contributed by atoms with Crippen LogP contribution in [0.2, 0.25) is 0 Å². The molecule has 2 N–H and O–H groups in total. The zero-order valence-electron chi connectivity index (χ0n) is 22.4. The molecule has 3 aromatic rings. The topological polar surface area (TPSA) is 114 Å². The van der Waals surface area contributed by atoms with Crippen LogP contribution in [0, 0.1) is 13.8 Å². The molecule has 4 amide bonds. The van der Waals surface area contributed by atoms with Crippen molar-refractivity contribution in [3.05, 3.63) is 88.3 Å². The standard InChI is InChI=1S/C30H29N3O6S/c1-4-38-25-15-21(13-14-24(25)39-18-28(35)32-23-12-8-6-10-20(23)3)16-26-29(36)33(30(37)40-26)17-27(34)31-22-11-7-5-9-19(22)2/h5-16H,4,17-18H2,1-3H3,(H,31,34)(H,32,35)/b26-16-. The average molecular weight is 560 g/mol. The molecule has 1 aliphatic rings. The van der Waals surface area contributed by atoms with Gasteiger partial charge in [0, 0.05) is 11.4 Å². The number of carbonyl (C=O) groups is 4. The molecule has 206 valence electrons. The first-order chi connectivity index (χ1) is 19.2. The zero-order chi connectivity index (χ0) is 28.6. The fourth-order valence-electron chi connectivity index (χ4n) is 3.88. The maximum atomic E-state index is 12.9. The number of hydrogen-bond acceptors (Lipinski definition) is 7. The van der Waals surface area contributed by atoms with Crippen LogP contribution in [-0.2, 0) is 14.4 Å². The third kappa shape index (κ3) is 7.09. The number of ether oxygens (including phenoxy) is 2. The Kier molecular flexibility index (Phi) is 9.23. The number of nitrogens with zero attached hydrogens (tertiary/aromatic N) is 1. The van der Waals surface area contributed by atoms with Gasteiger partial charge < -0.3 is 20.1 Å². The highest BCUT2D eigenvalue weighted by atomic mass is 32.2. The van der Waals surface area contributed by atoms with Gasteiger partial charge in [-0.1, -0.05) is 42.5 Å². The maximum Gasteiger partial charge on any atom is 0.294 e. The van der Waals surface area contributed by atoms with Crippen molar-refractivity contribution in [2.45, 2.75) is 20.8 Å². The van der Waals surface area contributed by atoms with Crippen molar-refractivity contribution in [3.8, 4) is 11.5 Å². The summed E-state index contributed by atoms with van der Waals surface area (Å²) in [4.78, 5) is 51.5. The number of thioether (sulfide) groups is 1. The zero-order valence-corrected chi connectivity index (χ0v) is 23.2.